The SMILES string of the molecule is CCCCCCCCCCCCC/C=C/C(O)C(CO)NC(=O)CC(O)CCCCCCCCCCCCCCCCCCCCCCCCCCCCCCCCCCC. The molecule has 3 unspecified atom stereocenters. The molecule has 0 rings (SSSR count). The first-order valence-corrected chi connectivity index (χ1v) is 28.0. The number of nitrogens with one attached hydrogen (secondary N) is 1. The smallest absolute Gasteiger partial charge is 0.222 e. The fourth-order valence-electron chi connectivity index (χ4n) is 9.05. The van der Waals surface area contributed by atoms with Gasteiger partial charge < -0.3 is 20.6 Å². The number of carbonyl (C=O) groups is 1. The Labute approximate surface area is 382 Å². The van der Waals surface area contributed by atoms with Crippen molar-refractivity contribution in [1.29, 1.82) is 0 Å². The molecule has 0 aromatic carbocycles. The Kier molecular flexibility index (Phi) is 51.0. The molecule has 0 aromatic rings. The van der Waals surface area contributed by atoms with Gasteiger partial charge in [0.15, 0.2) is 0 Å². The highest BCUT2D eigenvalue weighted by atomic mass is 16.3. The maximum Gasteiger partial charge on any atom is 0.222 e. The lowest BCUT2D eigenvalue weighted by molar-refractivity contribution is -0.124. The monoisotopic (exact) mass is 862 g/mol. The molecule has 0 radical (unpaired) electrons. The van der Waals surface area contributed by atoms with Gasteiger partial charge in [0.25, 0.3) is 0 Å². The molecule has 0 aliphatic heterocycles. The zero-order chi connectivity index (χ0) is 44.4. The van der Waals surface area contributed by atoms with Crippen LogP contribution in [0.1, 0.15) is 316 Å². The van der Waals surface area contributed by atoms with Crippen LogP contribution in [0.15, 0.2) is 12.2 Å². The van der Waals surface area contributed by atoms with Gasteiger partial charge in [0.05, 0.1) is 31.3 Å². The van der Waals surface area contributed by atoms with Crippen LogP contribution in [-0.2, 0) is 4.79 Å². The van der Waals surface area contributed by atoms with E-state index in [9.17, 15) is 20.1 Å². The summed E-state index contributed by atoms with van der Waals surface area (Å²) in [5.74, 6) is -0.310. The van der Waals surface area contributed by atoms with Gasteiger partial charge in [-0.05, 0) is 19.3 Å². The lowest BCUT2D eigenvalue weighted by atomic mass is 10.0. The Bertz CT molecular complexity index is 864. The van der Waals surface area contributed by atoms with Crippen LogP contribution in [0.2, 0.25) is 0 Å². The molecule has 0 fully saturated rings. The predicted octanol–water partition coefficient (Wildman–Crippen LogP) is 17.1. The van der Waals surface area contributed by atoms with Gasteiger partial charge in [-0.25, -0.2) is 0 Å². The molecule has 0 saturated heterocycles. The average Bonchev–Trinajstić information content (AvgIpc) is 3.25. The average molecular weight is 863 g/mol. The van der Waals surface area contributed by atoms with Gasteiger partial charge in [-0.1, -0.05) is 302 Å². The topological polar surface area (TPSA) is 89.8 Å². The number of carbonyl (C=O) groups excluding carboxylic acids is 1. The third kappa shape index (κ3) is 48.4. The van der Waals surface area contributed by atoms with E-state index >= 15 is 0 Å². The minimum absolute atomic E-state index is 0.0192. The summed E-state index contributed by atoms with van der Waals surface area (Å²) in [5, 5.41) is 33.3. The lowest BCUT2D eigenvalue weighted by Crippen LogP contribution is -2.45. The van der Waals surface area contributed by atoms with Gasteiger partial charge in [0.1, 0.15) is 0 Å². The van der Waals surface area contributed by atoms with Crippen LogP contribution >= 0.6 is 0 Å². The number of allylic oxidation sites excluding steroid dienone is 1. The van der Waals surface area contributed by atoms with Crippen molar-refractivity contribution in [3.63, 3.8) is 0 Å². The fraction of sp³-hybridized carbons (Fsp3) is 0.946. The quantitative estimate of drug-likeness (QED) is 0.0362. The van der Waals surface area contributed by atoms with E-state index in [0.717, 1.165) is 25.7 Å². The van der Waals surface area contributed by atoms with E-state index in [1.807, 2.05) is 6.08 Å². The summed E-state index contributed by atoms with van der Waals surface area (Å²) in [5.41, 5.74) is 0. The van der Waals surface area contributed by atoms with Crippen molar-refractivity contribution in [2.45, 2.75) is 334 Å². The molecule has 1 amide bonds. The molecule has 0 aromatic heterocycles. The third-order valence-electron chi connectivity index (χ3n) is 13.3. The first kappa shape index (κ1) is 60.1. The number of unbranched alkanes of at least 4 members (excludes halogenated alkanes) is 43. The molecule has 61 heavy (non-hydrogen) atoms. The summed E-state index contributed by atoms with van der Waals surface area (Å²) < 4.78 is 0. The number of rotatable bonds is 52. The summed E-state index contributed by atoms with van der Waals surface area (Å²) in [7, 11) is 0. The molecule has 3 atom stereocenters. The molecule has 0 spiro atoms. The van der Waals surface area contributed by atoms with Crippen molar-refractivity contribution in [2.24, 2.45) is 0 Å². The highest BCUT2D eigenvalue weighted by molar-refractivity contribution is 5.76. The predicted molar refractivity (Wildman–Crippen MR) is 269 cm³/mol. The Morgan fingerprint density at radius 2 is 0.672 bits per heavy atom. The Hall–Kier alpha value is -0.910. The molecule has 5 nitrogen and oxygen atoms in total. The molecule has 0 saturated carbocycles. The molecule has 364 valence electrons. The zero-order valence-electron chi connectivity index (χ0n) is 41.6. The van der Waals surface area contributed by atoms with Gasteiger partial charge in [-0.3, -0.25) is 4.79 Å². The maximum absolute atomic E-state index is 12.5. The summed E-state index contributed by atoms with van der Waals surface area (Å²) in [6.07, 6.45) is 64.2. The highest BCUT2D eigenvalue weighted by Gasteiger charge is 2.20. The van der Waals surface area contributed by atoms with E-state index < -0.39 is 18.2 Å². The van der Waals surface area contributed by atoms with E-state index in [0.29, 0.717) is 6.42 Å². The molecule has 4 N–H and O–H groups in total. The minimum Gasteiger partial charge on any atom is -0.394 e. The number of hydrogen-bond donors (Lipinski definition) is 4. The molecular weight excluding hydrogens is 751 g/mol. The normalized spacial score (nSPS) is 13.3. The standard InChI is InChI=1S/C56H111NO4/c1-3-5-7-9-11-13-15-17-18-19-20-21-22-23-24-25-26-27-28-29-30-31-32-33-34-35-36-38-39-41-43-45-47-49-53(59)51-56(61)57-54(52-58)55(60)50-48-46-44-42-40-37-16-14-12-10-8-6-4-2/h48,50,53-55,58-60H,3-47,49,51-52H2,1-2H3,(H,57,61)/b50-48+. The molecule has 0 heterocycles. The van der Waals surface area contributed by atoms with Crippen molar-refractivity contribution in [1.82, 2.24) is 5.32 Å². The first-order chi connectivity index (χ1) is 30.0. The molecule has 5 heteroatoms. The summed E-state index contributed by atoms with van der Waals surface area (Å²) in [6, 6.07) is -0.740. The largest absolute Gasteiger partial charge is 0.394 e. The highest BCUT2D eigenvalue weighted by Crippen LogP contribution is 2.18. The van der Waals surface area contributed by atoms with Crippen LogP contribution in [0.3, 0.4) is 0 Å². The number of aliphatic hydroxyl groups is 3. The van der Waals surface area contributed by atoms with E-state index in [1.165, 1.54) is 263 Å². The van der Waals surface area contributed by atoms with Crippen molar-refractivity contribution in [3.8, 4) is 0 Å². The van der Waals surface area contributed by atoms with Gasteiger partial charge in [-0.2, -0.15) is 0 Å². The van der Waals surface area contributed by atoms with E-state index in [4.69, 9.17) is 0 Å². The minimum atomic E-state index is -0.924. The van der Waals surface area contributed by atoms with Crippen molar-refractivity contribution in [2.75, 3.05) is 6.61 Å². The second-order valence-electron chi connectivity index (χ2n) is 19.6. The second-order valence-corrected chi connectivity index (χ2v) is 19.6. The van der Waals surface area contributed by atoms with Crippen molar-refractivity contribution >= 4 is 5.91 Å². The Balaban J connectivity index is 3.44. The van der Waals surface area contributed by atoms with Crippen LogP contribution in [0, 0.1) is 0 Å². The number of hydrogen-bond acceptors (Lipinski definition) is 4. The van der Waals surface area contributed by atoms with Crippen LogP contribution < -0.4 is 5.32 Å². The fourth-order valence-corrected chi connectivity index (χ4v) is 9.05. The maximum atomic E-state index is 12.5. The van der Waals surface area contributed by atoms with Gasteiger partial charge in [-0.15, -0.1) is 0 Å². The molecule has 0 aliphatic rings. The van der Waals surface area contributed by atoms with Crippen molar-refractivity contribution < 1.29 is 20.1 Å². The van der Waals surface area contributed by atoms with Crippen LogP contribution in [0.25, 0.3) is 0 Å². The first-order valence-electron chi connectivity index (χ1n) is 28.0. The Morgan fingerprint density at radius 3 is 0.951 bits per heavy atom. The number of aliphatic hydroxyl groups excluding tert-OH is 3. The Morgan fingerprint density at radius 1 is 0.410 bits per heavy atom. The van der Waals surface area contributed by atoms with Gasteiger partial charge in [0, 0.05) is 0 Å². The molecule has 0 aliphatic carbocycles. The van der Waals surface area contributed by atoms with Crippen LogP contribution in [-0.4, -0.2) is 46.1 Å². The lowest BCUT2D eigenvalue weighted by Gasteiger charge is -2.21. The molecular formula is C56H111NO4. The van der Waals surface area contributed by atoms with Crippen LogP contribution in [0.5, 0.6) is 0 Å². The number of amides is 1. The van der Waals surface area contributed by atoms with E-state index in [-0.39, 0.29) is 18.9 Å². The summed E-state index contributed by atoms with van der Waals surface area (Å²) in [6.45, 7) is 4.24. The van der Waals surface area contributed by atoms with Gasteiger partial charge >= 0.3 is 0 Å². The summed E-state index contributed by atoms with van der Waals surface area (Å²) >= 11 is 0. The molecule has 0 bridgehead atoms. The van der Waals surface area contributed by atoms with E-state index in [2.05, 4.69) is 19.2 Å². The summed E-state index contributed by atoms with van der Waals surface area (Å²) in [4.78, 5) is 12.5. The van der Waals surface area contributed by atoms with Gasteiger partial charge in [0.2, 0.25) is 5.91 Å². The van der Waals surface area contributed by atoms with E-state index in [1.54, 1.807) is 6.08 Å². The second kappa shape index (κ2) is 51.7. The zero-order valence-corrected chi connectivity index (χ0v) is 41.6. The van der Waals surface area contributed by atoms with Crippen LogP contribution in [0.4, 0.5) is 0 Å². The third-order valence-corrected chi connectivity index (χ3v) is 13.3. The van der Waals surface area contributed by atoms with Crippen molar-refractivity contribution in [3.05, 3.63) is 12.2 Å².